The number of amides is 1. The average Bonchev–Trinajstić information content (AvgIpc) is 3.12. The maximum Gasteiger partial charge on any atom is 0.350 e. The Hall–Kier alpha value is -2.33. The van der Waals surface area contributed by atoms with Crippen molar-refractivity contribution in [2.45, 2.75) is 6.54 Å². The van der Waals surface area contributed by atoms with Gasteiger partial charge in [0, 0.05) is 0 Å². The molecule has 0 unspecified atom stereocenters. The van der Waals surface area contributed by atoms with Gasteiger partial charge in [-0.15, -0.1) is 11.3 Å². The van der Waals surface area contributed by atoms with E-state index in [1.807, 2.05) is 0 Å². The number of rotatable bonds is 7. The highest BCUT2D eigenvalue weighted by atomic mass is 32.2. The minimum Gasteiger partial charge on any atom is -0.467 e. The summed E-state index contributed by atoms with van der Waals surface area (Å²) in [5.41, 5.74) is 0.124. The summed E-state index contributed by atoms with van der Waals surface area (Å²) in [6, 6.07) is 4.83. The molecule has 8 nitrogen and oxygen atoms in total. The second-order valence-electron chi connectivity index (χ2n) is 4.47. The molecule has 0 spiro atoms. The Balaban J connectivity index is 1.85. The van der Waals surface area contributed by atoms with E-state index in [4.69, 9.17) is 9.15 Å². The Bertz CT molecular complexity index is 779. The number of carbonyl (C=O) groups excluding carboxylic acids is 2. The molecule has 0 aliphatic heterocycles. The minimum absolute atomic E-state index is 0.0780. The molecule has 2 rings (SSSR count). The first-order valence-electron chi connectivity index (χ1n) is 6.36. The second kappa shape index (κ2) is 7.29. The van der Waals surface area contributed by atoms with Crippen molar-refractivity contribution in [3.05, 3.63) is 40.5 Å². The zero-order valence-electron chi connectivity index (χ0n) is 12.1. The van der Waals surface area contributed by atoms with Crippen molar-refractivity contribution >= 4 is 38.9 Å². The zero-order chi connectivity index (χ0) is 16.9. The molecule has 0 aromatic carbocycles. The fourth-order valence-corrected chi connectivity index (χ4v) is 2.97. The Morgan fingerprint density at radius 2 is 2.13 bits per heavy atom. The molecule has 124 valence electrons. The van der Waals surface area contributed by atoms with E-state index in [2.05, 4.69) is 10.0 Å². The van der Waals surface area contributed by atoms with Crippen molar-refractivity contribution in [2.75, 3.05) is 17.6 Å². The Labute approximate surface area is 136 Å². The lowest BCUT2D eigenvalue weighted by molar-refractivity contribution is -0.124. The minimum atomic E-state index is -3.51. The molecule has 0 radical (unpaired) electrons. The Morgan fingerprint density at radius 3 is 2.78 bits per heavy atom. The average molecular weight is 358 g/mol. The Kier molecular flexibility index (Phi) is 5.40. The molecule has 0 aliphatic rings. The van der Waals surface area contributed by atoms with Crippen molar-refractivity contribution in [3.8, 4) is 0 Å². The third-order valence-electron chi connectivity index (χ3n) is 2.52. The molecule has 1 amide bonds. The van der Waals surface area contributed by atoms with E-state index >= 15 is 0 Å². The number of carbonyl (C=O) groups is 2. The Morgan fingerprint density at radius 1 is 1.35 bits per heavy atom. The van der Waals surface area contributed by atoms with Crippen LogP contribution in [0.3, 0.4) is 0 Å². The summed E-state index contributed by atoms with van der Waals surface area (Å²) in [5.74, 6) is -0.703. The van der Waals surface area contributed by atoms with E-state index in [-0.39, 0.29) is 17.1 Å². The number of thiophene rings is 1. The summed E-state index contributed by atoms with van der Waals surface area (Å²) >= 11 is 1.01. The van der Waals surface area contributed by atoms with E-state index < -0.39 is 28.5 Å². The fraction of sp³-hybridized carbons (Fsp3) is 0.231. The van der Waals surface area contributed by atoms with Gasteiger partial charge in [-0.25, -0.2) is 13.2 Å². The van der Waals surface area contributed by atoms with Crippen LogP contribution in [0.25, 0.3) is 0 Å². The number of furan rings is 1. The summed E-state index contributed by atoms with van der Waals surface area (Å²) in [6.45, 7) is -0.293. The van der Waals surface area contributed by atoms with Crippen LogP contribution >= 0.6 is 11.3 Å². The number of nitrogens with one attached hydrogen (secondary N) is 2. The summed E-state index contributed by atoms with van der Waals surface area (Å²) in [4.78, 5) is 23.6. The molecule has 2 aromatic rings. The monoisotopic (exact) mass is 358 g/mol. The van der Waals surface area contributed by atoms with E-state index in [1.54, 1.807) is 17.5 Å². The third kappa shape index (κ3) is 5.42. The van der Waals surface area contributed by atoms with Crippen LogP contribution in [0.5, 0.6) is 0 Å². The molecular formula is C13H14N2O6S2. The maximum absolute atomic E-state index is 11.9. The lowest BCUT2D eigenvalue weighted by atomic mass is 10.4. The van der Waals surface area contributed by atoms with Gasteiger partial charge >= 0.3 is 5.97 Å². The van der Waals surface area contributed by atoms with Gasteiger partial charge in [-0.3, -0.25) is 9.52 Å². The van der Waals surface area contributed by atoms with Gasteiger partial charge in [0.2, 0.25) is 10.0 Å². The molecule has 0 atom stereocenters. The molecule has 2 heterocycles. The van der Waals surface area contributed by atoms with Crippen LogP contribution in [0.1, 0.15) is 15.4 Å². The van der Waals surface area contributed by atoms with Gasteiger partial charge in [-0.2, -0.15) is 0 Å². The van der Waals surface area contributed by atoms with Crippen LogP contribution in [0.2, 0.25) is 0 Å². The normalized spacial score (nSPS) is 11.0. The van der Waals surface area contributed by atoms with Crippen LogP contribution in [-0.2, 0) is 26.1 Å². The van der Waals surface area contributed by atoms with Crippen LogP contribution in [0.4, 0.5) is 5.69 Å². The third-order valence-corrected chi connectivity index (χ3v) is 4.01. The maximum atomic E-state index is 11.9. The first-order valence-corrected chi connectivity index (χ1v) is 9.14. The summed E-state index contributed by atoms with van der Waals surface area (Å²) in [6.07, 6.45) is 2.45. The van der Waals surface area contributed by atoms with E-state index in [9.17, 15) is 18.0 Å². The highest BCUT2D eigenvalue weighted by Gasteiger charge is 2.18. The van der Waals surface area contributed by atoms with Gasteiger partial charge in [0.15, 0.2) is 6.61 Å². The molecule has 23 heavy (non-hydrogen) atoms. The fourth-order valence-electron chi connectivity index (χ4n) is 1.59. The number of esters is 1. The largest absolute Gasteiger partial charge is 0.467 e. The van der Waals surface area contributed by atoms with Crippen molar-refractivity contribution in [3.63, 3.8) is 0 Å². The summed E-state index contributed by atoms with van der Waals surface area (Å²) in [7, 11) is -3.51. The number of anilines is 1. The molecule has 0 fully saturated rings. The number of hydrogen-bond acceptors (Lipinski definition) is 7. The molecule has 0 saturated carbocycles. The molecule has 0 bridgehead atoms. The van der Waals surface area contributed by atoms with Crippen molar-refractivity contribution in [1.29, 1.82) is 0 Å². The molecular weight excluding hydrogens is 344 g/mol. The number of sulfonamides is 1. The topological polar surface area (TPSA) is 115 Å². The number of hydrogen-bond donors (Lipinski definition) is 2. The molecule has 0 aliphatic carbocycles. The van der Waals surface area contributed by atoms with Crippen molar-refractivity contribution in [1.82, 2.24) is 5.32 Å². The van der Waals surface area contributed by atoms with Gasteiger partial charge in [-0.05, 0) is 23.6 Å². The van der Waals surface area contributed by atoms with Crippen LogP contribution in [0, 0.1) is 0 Å². The summed E-state index contributed by atoms with van der Waals surface area (Å²) in [5, 5.41) is 4.06. The van der Waals surface area contributed by atoms with Crippen molar-refractivity contribution in [2.24, 2.45) is 0 Å². The highest BCUT2D eigenvalue weighted by molar-refractivity contribution is 7.92. The first kappa shape index (κ1) is 17.0. The van der Waals surface area contributed by atoms with Gasteiger partial charge in [-0.1, -0.05) is 0 Å². The molecule has 10 heteroatoms. The van der Waals surface area contributed by atoms with E-state index in [1.165, 1.54) is 12.3 Å². The summed E-state index contributed by atoms with van der Waals surface area (Å²) < 4.78 is 34.5. The van der Waals surface area contributed by atoms with E-state index in [0.717, 1.165) is 17.6 Å². The molecule has 2 aromatic heterocycles. The van der Waals surface area contributed by atoms with Gasteiger partial charge in [0.05, 0.1) is 24.8 Å². The molecule has 2 N–H and O–H groups in total. The van der Waals surface area contributed by atoms with Crippen molar-refractivity contribution < 1.29 is 27.2 Å². The number of ether oxygens (including phenoxy) is 1. The quantitative estimate of drug-likeness (QED) is 0.719. The van der Waals surface area contributed by atoms with E-state index in [0.29, 0.717) is 5.76 Å². The zero-order valence-corrected chi connectivity index (χ0v) is 13.7. The van der Waals surface area contributed by atoms with Crippen LogP contribution in [0.15, 0.2) is 34.3 Å². The molecule has 0 saturated heterocycles. The van der Waals surface area contributed by atoms with Crippen LogP contribution in [-0.4, -0.2) is 33.2 Å². The second-order valence-corrected chi connectivity index (χ2v) is 7.13. The predicted molar refractivity (Wildman–Crippen MR) is 83.6 cm³/mol. The SMILES string of the molecule is CS(=O)(=O)Nc1ccsc1C(=O)OCC(=O)NCc1ccco1. The van der Waals surface area contributed by atoms with Gasteiger partial charge in [0.1, 0.15) is 10.6 Å². The first-order chi connectivity index (χ1) is 10.8. The van der Waals surface area contributed by atoms with Gasteiger partial charge < -0.3 is 14.5 Å². The predicted octanol–water partition coefficient (Wildman–Crippen LogP) is 1.19. The van der Waals surface area contributed by atoms with Gasteiger partial charge in [0.25, 0.3) is 5.91 Å². The smallest absolute Gasteiger partial charge is 0.350 e. The highest BCUT2D eigenvalue weighted by Crippen LogP contribution is 2.24. The lowest BCUT2D eigenvalue weighted by Gasteiger charge is -2.07. The lowest BCUT2D eigenvalue weighted by Crippen LogP contribution is -2.28. The van der Waals surface area contributed by atoms with Crippen LogP contribution < -0.4 is 10.0 Å². The standard InChI is InChI=1S/C13H14N2O6S2/c1-23(18,19)15-10-4-6-22-12(10)13(17)21-8-11(16)14-7-9-3-2-5-20-9/h2-6,15H,7-8H2,1H3,(H,14,16).